The van der Waals surface area contributed by atoms with E-state index < -0.39 is 6.10 Å². The molecule has 12 heavy (non-hydrogen) atoms. The second kappa shape index (κ2) is 3.99. The summed E-state index contributed by atoms with van der Waals surface area (Å²) in [6.07, 6.45) is 2.73. The maximum absolute atomic E-state index is 11.0. The van der Waals surface area contributed by atoms with Gasteiger partial charge in [-0.15, -0.1) is 0 Å². The highest BCUT2D eigenvalue weighted by molar-refractivity contribution is 5.74. The lowest BCUT2D eigenvalue weighted by Crippen LogP contribution is -2.27. The van der Waals surface area contributed by atoms with Gasteiger partial charge in [-0.1, -0.05) is 0 Å². The van der Waals surface area contributed by atoms with Crippen LogP contribution in [0, 0.1) is 0 Å². The quantitative estimate of drug-likeness (QED) is 0.578. The predicted octanol–water partition coefficient (Wildman–Crippen LogP) is 0.826. The third kappa shape index (κ3) is 1.90. The molecule has 0 aromatic carbocycles. The molecule has 1 unspecified atom stereocenters. The standard InChI is InChI=1S/C8H12O4/c1-10-7-5-3-4-6(12-7)8(9)11-2/h5-6H,3-4H2,1-2H3. The molecule has 1 atom stereocenters. The number of hydrogen-bond donors (Lipinski definition) is 0. The Morgan fingerprint density at radius 2 is 2.42 bits per heavy atom. The first-order valence-corrected chi connectivity index (χ1v) is 3.76. The Hall–Kier alpha value is -1.19. The number of methoxy groups -OCH3 is 2. The molecule has 1 rings (SSSR count). The van der Waals surface area contributed by atoms with Crippen LogP contribution in [0.4, 0.5) is 0 Å². The smallest absolute Gasteiger partial charge is 0.347 e. The Kier molecular flexibility index (Phi) is 2.96. The van der Waals surface area contributed by atoms with Gasteiger partial charge in [0.05, 0.1) is 14.2 Å². The lowest BCUT2D eigenvalue weighted by atomic mass is 10.1. The van der Waals surface area contributed by atoms with Crippen LogP contribution in [-0.2, 0) is 19.0 Å². The molecule has 1 heterocycles. The van der Waals surface area contributed by atoms with Gasteiger partial charge in [0.15, 0.2) is 6.10 Å². The molecule has 0 amide bonds. The Morgan fingerprint density at radius 3 is 3.00 bits per heavy atom. The second-order valence-corrected chi connectivity index (χ2v) is 2.43. The van der Waals surface area contributed by atoms with Gasteiger partial charge in [0.1, 0.15) is 0 Å². The van der Waals surface area contributed by atoms with E-state index in [-0.39, 0.29) is 5.97 Å². The topological polar surface area (TPSA) is 44.8 Å². The van der Waals surface area contributed by atoms with Crippen molar-refractivity contribution in [2.24, 2.45) is 0 Å². The van der Waals surface area contributed by atoms with Gasteiger partial charge in [0.2, 0.25) is 0 Å². The number of hydrogen-bond acceptors (Lipinski definition) is 4. The van der Waals surface area contributed by atoms with Crippen LogP contribution in [0.3, 0.4) is 0 Å². The normalized spacial score (nSPS) is 22.2. The second-order valence-electron chi connectivity index (χ2n) is 2.43. The number of carbonyl (C=O) groups is 1. The molecule has 0 aromatic heterocycles. The average Bonchev–Trinajstić information content (AvgIpc) is 2.17. The van der Waals surface area contributed by atoms with Crippen LogP contribution in [0.1, 0.15) is 12.8 Å². The molecular weight excluding hydrogens is 160 g/mol. The fourth-order valence-corrected chi connectivity index (χ4v) is 1.03. The predicted molar refractivity (Wildman–Crippen MR) is 41.2 cm³/mol. The first kappa shape index (κ1) is 8.90. The van der Waals surface area contributed by atoms with Gasteiger partial charge < -0.3 is 14.2 Å². The molecule has 68 valence electrons. The largest absolute Gasteiger partial charge is 0.469 e. The summed E-state index contributed by atoms with van der Waals surface area (Å²) in [5.74, 6) is 0.0503. The Balaban J connectivity index is 2.51. The highest BCUT2D eigenvalue weighted by Gasteiger charge is 2.24. The van der Waals surface area contributed by atoms with Crippen molar-refractivity contribution in [1.82, 2.24) is 0 Å². The third-order valence-electron chi connectivity index (χ3n) is 1.66. The van der Waals surface area contributed by atoms with E-state index in [0.29, 0.717) is 12.4 Å². The minimum atomic E-state index is -0.505. The van der Waals surface area contributed by atoms with Crippen molar-refractivity contribution in [2.75, 3.05) is 14.2 Å². The van der Waals surface area contributed by atoms with E-state index in [1.807, 2.05) is 0 Å². The zero-order chi connectivity index (χ0) is 8.97. The van der Waals surface area contributed by atoms with Crippen molar-refractivity contribution in [1.29, 1.82) is 0 Å². The van der Waals surface area contributed by atoms with Crippen LogP contribution < -0.4 is 0 Å². The number of esters is 1. The summed E-state index contributed by atoms with van der Waals surface area (Å²) >= 11 is 0. The van der Waals surface area contributed by atoms with Crippen molar-refractivity contribution in [2.45, 2.75) is 18.9 Å². The van der Waals surface area contributed by atoms with E-state index in [4.69, 9.17) is 9.47 Å². The van der Waals surface area contributed by atoms with Crippen molar-refractivity contribution in [3.05, 3.63) is 12.0 Å². The summed E-state index contributed by atoms with van der Waals surface area (Å²) in [7, 11) is 2.85. The van der Waals surface area contributed by atoms with Crippen LogP contribution >= 0.6 is 0 Å². The van der Waals surface area contributed by atoms with E-state index >= 15 is 0 Å². The van der Waals surface area contributed by atoms with Gasteiger partial charge >= 0.3 is 5.97 Å². The van der Waals surface area contributed by atoms with E-state index in [0.717, 1.165) is 6.42 Å². The minimum absolute atomic E-state index is 0.349. The minimum Gasteiger partial charge on any atom is -0.469 e. The van der Waals surface area contributed by atoms with Gasteiger partial charge in [-0.05, 0) is 18.9 Å². The maximum atomic E-state index is 11.0. The zero-order valence-electron chi connectivity index (χ0n) is 7.20. The molecule has 1 aliphatic rings. The van der Waals surface area contributed by atoms with Crippen LogP contribution in [0.25, 0.3) is 0 Å². The molecule has 0 N–H and O–H groups in total. The van der Waals surface area contributed by atoms with E-state index in [2.05, 4.69) is 4.74 Å². The number of rotatable bonds is 2. The van der Waals surface area contributed by atoms with Crippen LogP contribution in [0.15, 0.2) is 12.0 Å². The average molecular weight is 172 g/mol. The monoisotopic (exact) mass is 172 g/mol. The maximum Gasteiger partial charge on any atom is 0.347 e. The molecule has 4 nitrogen and oxygen atoms in total. The molecule has 0 radical (unpaired) electrons. The van der Waals surface area contributed by atoms with Crippen LogP contribution in [0.5, 0.6) is 0 Å². The molecule has 0 fully saturated rings. The summed E-state index contributed by atoms with van der Waals surface area (Å²) < 4.78 is 14.5. The number of carbonyl (C=O) groups excluding carboxylic acids is 1. The molecule has 0 saturated carbocycles. The van der Waals surface area contributed by atoms with Gasteiger partial charge in [0.25, 0.3) is 5.95 Å². The fraction of sp³-hybridized carbons (Fsp3) is 0.625. The van der Waals surface area contributed by atoms with Gasteiger partial charge in [-0.3, -0.25) is 0 Å². The summed E-state index contributed by atoms with van der Waals surface area (Å²) in [4.78, 5) is 11.0. The molecule has 0 spiro atoms. The van der Waals surface area contributed by atoms with Gasteiger partial charge in [0, 0.05) is 0 Å². The molecule has 0 saturated heterocycles. The van der Waals surface area contributed by atoms with Crippen LogP contribution in [-0.4, -0.2) is 26.3 Å². The van der Waals surface area contributed by atoms with Crippen LogP contribution in [0.2, 0.25) is 0 Å². The first-order valence-electron chi connectivity index (χ1n) is 3.76. The molecule has 0 bridgehead atoms. The Morgan fingerprint density at radius 1 is 1.67 bits per heavy atom. The molecule has 4 heteroatoms. The Labute approximate surface area is 71.1 Å². The lowest BCUT2D eigenvalue weighted by Gasteiger charge is -2.20. The first-order chi connectivity index (χ1) is 5.77. The SMILES string of the molecule is COC(=O)C1CCC=C(OC)O1. The van der Waals surface area contributed by atoms with E-state index in [1.54, 1.807) is 6.08 Å². The highest BCUT2D eigenvalue weighted by atomic mass is 16.7. The molecular formula is C8H12O4. The fourth-order valence-electron chi connectivity index (χ4n) is 1.03. The van der Waals surface area contributed by atoms with Crippen molar-refractivity contribution in [3.8, 4) is 0 Å². The van der Waals surface area contributed by atoms with Crippen molar-refractivity contribution < 1.29 is 19.0 Å². The molecule has 0 aromatic rings. The lowest BCUT2D eigenvalue weighted by molar-refractivity contribution is -0.156. The third-order valence-corrected chi connectivity index (χ3v) is 1.66. The zero-order valence-corrected chi connectivity index (χ0v) is 7.20. The van der Waals surface area contributed by atoms with Gasteiger partial charge in [-0.2, -0.15) is 0 Å². The number of ether oxygens (including phenoxy) is 3. The summed E-state index contributed by atoms with van der Waals surface area (Å²) in [5.41, 5.74) is 0. The molecule has 1 aliphatic heterocycles. The van der Waals surface area contributed by atoms with E-state index in [1.165, 1.54) is 14.2 Å². The summed E-state index contributed by atoms with van der Waals surface area (Å²) in [5, 5.41) is 0. The molecule has 0 aliphatic carbocycles. The summed E-state index contributed by atoms with van der Waals surface area (Å²) in [6, 6.07) is 0. The number of allylic oxidation sites excluding steroid dienone is 1. The van der Waals surface area contributed by atoms with Crippen molar-refractivity contribution >= 4 is 5.97 Å². The van der Waals surface area contributed by atoms with Gasteiger partial charge in [-0.25, -0.2) is 4.79 Å². The Bertz CT molecular complexity index is 197. The van der Waals surface area contributed by atoms with E-state index in [9.17, 15) is 4.79 Å². The van der Waals surface area contributed by atoms with Crippen molar-refractivity contribution in [3.63, 3.8) is 0 Å². The highest BCUT2D eigenvalue weighted by Crippen LogP contribution is 2.17. The summed E-state index contributed by atoms with van der Waals surface area (Å²) in [6.45, 7) is 0.